The molecule has 1 fully saturated rings. The number of nitrogens with one attached hydrogen (secondary N) is 1. The summed E-state index contributed by atoms with van der Waals surface area (Å²) in [6.45, 7) is 2.35. The molecule has 0 aliphatic carbocycles. The average molecular weight is 509 g/mol. The molecular weight excluding hydrogens is 484 g/mol. The summed E-state index contributed by atoms with van der Waals surface area (Å²) >= 11 is 5.29. The number of carbonyl (C=O) groups is 2. The number of carbonyl (C=O) groups excluding carboxylic acids is 2. The van der Waals surface area contributed by atoms with Gasteiger partial charge in [0.05, 0.1) is 12.8 Å². The van der Waals surface area contributed by atoms with Crippen LogP contribution in [-0.4, -0.2) is 24.0 Å². The number of ether oxygens (including phenoxy) is 2. The molecule has 184 valence electrons. The number of aryl methyl sites for hydroxylation is 1. The van der Waals surface area contributed by atoms with Crippen molar-refractivity contribution in [3.63, 3.8) is 0 Å². The van der Waals surface area contributed by atoms with Gasteiger partial charge in [0.1, 0.15) is 23.7 Å². The predicted octanol–water partition coefficient (Wildman–Crippen LogP) is 5.57. The zero-order chi connectivity index (χ0) is 25.9. The van der Waals surface area contributed by atoms with Gasteiger partial charge in [-0.1, -0.05) is 54.6 Å². The molecule has 1 heterocycles. The minimum Gasteiger partial charge on any atom is -0.497 e. The van der Waals surface area contributed by atoms with Crippen LogP contribution in [0.25, 0.3) is 16.8 Å². The average Bonchev–Trinajstić information content (AvgIpc) is 2.91. The summed E-state index contributed by atoms with van der Waals surface area (Å²) < 4.78 is 11.7. The van der Waals surface area contributed by atoms with E-state index in [4.69, 9.17) is 21.7 Å². The number of thiocarbonyl (C=S) groups is 1. The van der Waals surface area contributed by atoms with E-state index in [1.54, 1.807) is 49.6 Å². The Bertz CT molecular complexity index is 1560. The van der Waals surface area contributed by atoms with Gasteiger partial charge in [0, 0.05) is 17.2 Å². The largest absolute Gasteiger partial charge is 0.497 e. The Morgan fingerprint density at radius 3 is 2.49 bits per heavy atom. The third-order valence-corrected chi connectivity index (χ3v) is 6.57. The molecule has 0 radical (unpaired) electrons. The van der Waals surface area contributed by atoms with E-state index in [9.17, 15) is 9.59 Å². The highest BCUT2D eigenvalue weighted by molar-refractivity contribution is 7.80. The van der Waals surface area contributed by atoms with Crippen molar-refractivity contribution in [3.05, 3.63) is 107 Å². The number of nitrogens with zero attached hydrogens (tertiary/aromatic N) is 1. The lowest BCUT2D eigenvalue weighted by Crippen LogP contribution is -2.54. The van der Waals surface area contributed by atoms with Crippen LogP contribution in [-0.2, 0) is 16.2 Å². The van der Waals surface area contributed by atoms with Gasteiger partial charge in [0.25, 0.3) is 11.8 Å². The molecule has 0 atom stereocenters. The molecule has 6 nitrogen and oxygen atoms in total. The third kappa shape index (κ3) is 4.81. The molecule has 0 unspecified atom stereocenters. The van der Waals surface area contributed by atoms with Crippen molar-refractivity contribution in [2.75, 3.05) is 12.0 Å². The second kappa shape index (κ2) is 10.2. The van der Waals surface area contributed by atoms with Crippen LogP contribution in [0.1, 0.15) is 16.7 Å². The Morgan fingerprint density at radius 2 is 1.70 bits per heavy atom. The van der Waals surface area contributed by atoms with Crippen molar-refractivity contribution in [3.8, 4) is 11.5 Å². The van der Waals surface area contributed by atoms with Gasteiger partial charge in [-0.25, -0.2) is 0 Å². The molecular formula is C30H24N2O4S. The first-order valence-corrected chi connectivity index (χ1v) is 12.1. The van der Waals surface area contributed by atoms with E-state index in [0.29, 0.717) is 29.4 Å². The molecule has 0 bridgehead atoms. The Morgan fingerprint density at radius 1 is 0.946 bits per heavy atom. The molecule has 0 saturated carbocycles. The maximum Gasteiger partial charge on any atom is 0.270 e. The molecule has 4 aromatic carbocycles. The molecule has 2 amide bonds. The lowest BCUT2D eigenvalue weighted by molar-refractivity contribution is -0.122. The number of hydrogen-bond acceptors (Lipinski definition) is 5. The maximum atomic E-state index is 13.4. The standard InChI is InChI=1S/C30H24N2O4S/c1-19-12-13-20-8-6-7-11-24(20)26(19)18-36-27-17-23(35-2)15-14-21(27)16-25-28(33)31-30(37)32(29(25)34)22-9-4-3-5-10-22/h3-17H,18H2,1-2H3,(H,31,33,37)/b25-16-. The minimum atomic E-state index is -0.561. The smallest absolute Gasteiger partial charge is 0.270 e. The first kappa shape index (κ1) is 24.2. The van der Waals surface area contributed by atoms with E-state index in [0.717, 1.165) is 21.9 Å². The zero-order valence-corrected chi connectivity index (χ0v) is 21.2. The van der Waals surface area contributed by atoms with Crippen molar-refractivity contribution in [1.29, 1.82) is 0 Å². The second-order valence-electron chi connectivity index (χ2n) is 8.57. The summed E-state index contributed by atoms with van der Waals surface area (Å²) in [5, 5.41) is 4.89. The number of fused-ring (bicyclic) bond motifs is 1. The van der Waals surface area contributed by atoms with Crippen molar-refractivity contribution in [1.82, 2.24) is 5.32 Å². The van der Waals surface area contributed by atoms with Crippen molar-refractivity contribution >= 4 is 51.7 Å². The Labute approximate surface area is 220 Å². The molecule has 0 spiro atoms. The monoisotopic (exact) mass is 508 g/mol. The lowest BCUT2D eigenvalue weighted by atomic mass is 10.0. The van der Waals surface area contributed by atoms with Gasteiger partial charge in [-0.2, -0.15) is 0 Å². The highest BCUT2D eigenvalue weighted by Gasteiger charge is 2.34. The van der Waals surface area contributed by atoms with E-state index in [1.165, 1.54) is 11.0 Å². The number of rotatable bonds is 6. The molecule has 37 heavy (non-hydrogen) atoms. The van der Waals surface area contributed by atoms with Gasteiger partial charge in [0.2, 0.25) is 0 Å². The maximum absolute atomic E-state index is 13.4. The van der Waals surface area contributed by atoms with Gasteiger partial charge < -0.3 is 9.47 Å². The lowest BCUT2D eigenvalue weighted by Gasteiger charge is -2.29. The number of anilines is 1. The zero-order valence-electron chi connectivity index (χ0n) is 20.4. The number of hydrogen-bond donors (Lipinski definition) is 1. The molecule has 1 N–H and O–H groups in total. The number of para-hydroxylation sites is 1. The summed E-state index contributed by atoms with van der Waals surface area (Å²) in [6.07, 6.45) is 1.53. The molecule has 1 aliphatic heterocycles. The fraction of sp³-hybridized carbons (Fsp3) is 0.100. The summed E-state index contributed by atoms with van der Waals surface area (Å²) in [5.74, 6) is 0.0120. The highest BCUT2D eigenvalue weighted by atomic mass is 32.1. The SMILES string of the molecule is COc1ccc(/C=C2/C(=O)NC(=S)N(c3ccccc3)C2=O)c(OCc2c(C)ccc3ccccc23)c1. The molecule has 1 aliphatic rings. The Kier molecular flexibility index (Phi) is 6.70. The quantitative estimate of drug-likeness (QED) is 0.210. The fourth-order valence-electron chi connectivity index (χ4n) is 4.30. The number of benzene rings is 4. The van der Waals surface area contributed by atoms with Gasteiger partial charge in [-0.05, 0) is 65.8 Å². The van der Waals surface area contributed by atoms with Crippen LogP contribution in [0.5, 0.6) is 11.5 Å². The van der Waals surface area contributed by atoms with Gasteiger partial charge in [-0.3, -0.25) is 19.8 Å². The van der Waals surface area contributed by atoms with Crippen molar-refractivity contribution in [2.45, 2.75) is 13.5 Å². The summed E-state index contributed by atoms with van der Waals surface area (Å²) in [6, 6.07) is 26.5. The third-order valence-electron chi connectivity index (χ3n) is 6.28. The van der Waals surface area contributed by atoms with Crippen LogP contribution in [0.15, 0.2) is 90.5 Å². The topological polar surface area (TPSA) is 67.9 Å². The second-order valence-corrected chi connectivity index (χ2v) is 8.95. The molecule has 0 aromatic heterocycles. The van der Waals surface area contributed by atoms with Crippen LogP contribution in [0.2, 0.25) is 0 Å². The Hall–Kier alpha value is -4.49. The Balaban J connectivity index is 1.51. The van der Waals surface area contributed by atoms with Crippen LogP contribution < -0.4 is 19.7 Å². The number of methoxy groups -OCH3 is 1. The highest BCUT2D eigenvalue weighted by Crippen LogP contribution is 2.31. The van der Waals surface area contributed by atoms with E-state index in [1.807, 2.05) is 25.1 Å². The molecule has 4 aromatic rings. The predicted molar refractivity (Wildman–Crippen MR) is 149 cm³/mol. The van der Waals surface area contributed by atoms with Gasteiger partial charge >= 0.3 is 0 Å². The van der Waals surface area contributed by atoms with Crippen LogP contribution in [0.3, 0.4) is 0 Å². The number of amides is 2. The molecule has 5 rings (SSSR count). The summed E-state index contributed by atoms with van der Waals surface area (Å²) in [5.41, 5.74) is 3.26. The summed E-state index contributed by atoms with van der Waals surface area (Å²) in [7, 11) is 1.57. The van der Waals surface area contributed by atoms with Crippen LogP contribution in [0.4, 0.5) is 5.69 Å². The first-order chi connectivity index (χ1) is 18.0. The van der Waals surface area contributed by atoms with Gasteiger partial charge in [-0.15, -0.1) is 0 Å². The van der Waals surface area contributed by atoms with Crippen molar-refractivity contribution in [2.24, 2.45) is 0 Å². The molecule has 1 saturated heterocycles. The summed E-state index contributed by atoms with van der Waals surface area (Å²) in [4.78, 5) is 27.5. The molecule has 7 heteroatoms. The minimum absolute atomic E-state index is 0.0379. The van der Waals surface area contributed by atoms with Crippen molar-refractivity contribution < 1.29 is 19.1 Å². The van der Waals surface area contributed by atoms with E-state index >= 15 is 0 Å². The first-order valence-electron chi connectivity index (χ1n) is 11.7. The van der Waals surface area contributed by atoms with Gasteiger partial charge in [0.15, 0.2) is 5.11 Å². The van der Waals surface area contributed by atoms with E-state index in [2.05, 4.69) is 29.6 Å². The van der Waals surface area contributed by atoms with E-state index in [-0.39, 0.29) is 10.7 Å². The van der Waals surface area contributed by atoms with E-state index < -0.39 is 11.8 Å². The van der Waals surface area contributed by atoms with Crippen LogP contribution in [0, 0.1) is 6.92 Å². The normalized spacial score (nSPS) is 14.7. The fourth-order valence-corrected chi connectivity index (χ4v) is 4.58. The van der Waals surface area contributed by atoms with Crippen LogP contribution >= 0.6 is 12.2 Å².